The highest BCUT2D eigenvalue weighted by molar-refractivity contribution is 5.29. The van der Waals surface area contributed by atoms with Crippen LogP contribution in [0.4, 0.5) is 4.39 Å². The van der Waals surface area contributed by atoms with Gasteiger partial charge in [0.05, 0.1) is 6.04 Å². The molecule has 0 fully saturated rings. The summed E-state index contributed by atoms with van der Waals surface area (Å²) in [5.74, 6) is 5.12. The molecule has 1 heterocycles. The van der Waals surface area contributed by atoms with E-state index in [-0.39, 0.29) is 5.82 Å². The Labute approximate surface area is 92.3 Å². The summed E-state index contributed by atoms with van der Waals surface area (Å²) in [6.45, 7) is 0. The predicted octanol–water partition coefficient (Wildman–Crippen LogP) is 1.17. The highest BCUT2D eigenvalue weighted by Crippen LogP contribution is 2.22. The van der Waals surface area contributed by atoms with Gasteiger partial charge in [-0.3, -0.25) is 5.84 Å². The van der Waals surface area contributed by atoms with Gasteiger partial charge in [-0.25, -0.2) is 19.8 Å². The molecule has 5 heteroatoms. The Kier molecular flexibility index (Phi) is 3.19. The van der Waals surface area contributed by atoms with Gasteiger partial charge in [-0.15, -0.1) is 0 Å². The first-order valence-electron chi connectivity index (χ1n) is 4.78. The minimum atomic E-state index is -0.442. The number of benzene rings is 1. The molecule has 0 aliphatic rings. The number of hydrogen-bond donors (Lipinski definition) is 2. The molecule has 4 nitrogen and oxygen atoms in total. The number of hydrazine groups is 1. The van der Waals surface area contributed by atoms with Crippen LogP contribution in [0.3, 0.4) is 0 Å². The van der Waals surface area contributed by atoms with Crippen molar-refractivity contribution in [2.24, 2.45) is 5.84 Å². The Morgan fingerprint density at radius 2 is 1.88 bits per heavy atom. The summed E-state index contributed by atoms with van der Waals surface area (Å²) in [6, 6.07) is 6.01. The molecule has 0 aliphatic heterocycles. The first kappa shape index (κ1) is 10.7. The van der Waals surface area contributed by atoms with Crippen LogP contribution in [0.5, 0.6) is 0 Å². The van der Waals surface area contributed by atoms with E-state index in [2.05, 4.69) is 15.4 Å². The van der Waals surface area contributed by atoms with E-state index in [1.54, 1.807) is 30.6 Å². The van der Waals surface area contributed by atoms with E-state index < -0.39 is 6.04 Å². The van der Waals surface area contributed by atoms with E-state index in [9.17, 15) is 4.39 Å². The Hall–Kier alpha value is -1.85. The van der Waals surface area contributed by atoms with Crippen molar-refractivity contribution in [2.45, 2.75) is 6.04 Å². The van der Waals surface area contributed by atoms with Gasteiger partial charge in [-0.2, -0.15) is 0 Å². The third kappa shape index (κ3) is 2.05. The molecule has 1 unspecified atom stereocenters. The number of hydrogen-bond acceptors (Lipinski definition) is 4. The summed E-state index contributed by atoms with van der Waals surface area (Å²) in [5.41, 5.74) is 3.75. The molecule has 0 spiro atoms. The maximum atomic E-state index is 13.6. The summed E-state index contributed by atoms with van der Waals surface area (Å²) in [4.78, 5) is 7.76. The summed E-state index contributed by atoms with van der Waals surface area (Å²) < 4.78 is 13.6. The molecule has 0 saturated carbocycles. The molecule has 0 bridgehead atoms. The third-order valence-electron chi connectivity index (χ3n) is 2.30. The van der Waals surface area contributed by atoms with Crippen LogP contribution >= 0.6 is 0 Å². The van der Waals surface area contributed by atoms with Gasteiger partial charge in [0.1, 0.15) is 12.1 Å². The van der Waals surface area contributed by atoms with Gasteiger partial charge in [0.15, 0.2) is 0 Å². The molecule has 1 atom stereocenters. The summed E-state index contributed by atoms with van der Waals surface area (Å²) in [6.07, 6.45) is 4.62. The molecule has 0 aliphatic carbocycles. The molecular formula is C11H11FN4. The minimum absolute atomic E-state index is 0.311. The zero-order valence-electron chi connectivity index (χ0n) is 8.47. The minimum Gasteiger partial charge on any atom is -0.271 e. The average Bonchev–Trinajstić information content (AvgIpc) is 2.34. The van der Waals surface area contributed by atoms with Crippen molar-refractivity contribution in [3.05, 3.63) is 59.9 Å². The van der Waals surface area contributed by atoms with Gasteiger partial charge >= 0.3 is 0 Å². The van der Waals surface area contributed by atoms with Crippen LogP contribution in [0.2, 0.25) is 0 Å². The van der Waals surface area contributed by atoms with E-state index in [0.717, 1.165) is 5.56 Å². The number of nitrogens with two attached hydrogens (primary N) is 1. The SMILES string of the molecule is NNC(c1cncnc1)c1ccccc1F. The topological polar surface area (TPSA) is 63.8 Å². The normalized spacial score (nSPS) is 12.4. The standard InChI is InChI=1S/C11H11FN4/c12-10-4-2-1-3-9(10)11(16-13)8-5-14-7-15-6-8/h1-7,11,16H,13H2. The highest BCUT2D eigenvalue weighted by atomic mass is 19.1. The van der Waals surface area contributed by atoms with Crippen LogP contribution in [0.15, 0.2) is 43.0 Å². The number of rotatable bonds is 3. The molecule has 82 valence electrons. The maximum Gasteiger partial charge on any atom is 0.128 e. The van der Waals surface area contributed by atoms with Crippen molar-refractivity contribution in [1.29, 1.82) is 0 Å². The van der Waals surface area contributed by atoms with Crippen molar-refractivity contribution < 1.29 is 4.39 Å². The van der Waals surface area contributed by atoms with Crippen molar-refractivity contribution in [1.82, 2.24) is 15.4 Å². The fourth-order valence-corrected chi connectivity index (χ4v) is 1.53. The molecule has 0 saturated heterocycles. The molecule has 0 radical (unpaired) electrons. The molecule has 2 aromatic rings. The van der Waals surface area contributed by atoms with E-state index >= 15 is 0 Å². The fraction of sp³-hybridized carbons (Fsp3) is 0.0909. The number of nitrogens with one attached hydrogen (secondary N) is 1. The Morgan fingerprint density at radius 3 is 2.50 bits per heavy atom. The van der Waals surface area contributed by atoms with Crippen LogP contribution in [-0.2, 0) is 0 Å². The summed E-state index contributed by atoms with van der Waals surface area (Å²) >= 11 is 0. The molecule has 1 aromatic carbocycles. The number of halogens is 1. The van der Waals surface area contributed by atoms with Crippen LogP contribution in [0.1, 0.15) is 17.2 Å². The van der Waals surface area contributed by atoms with Crippen molar-refractivity contribution in [3.63, 3.8) is 0 Å². The molecule has 2 rings (SSSR count). The average molecular weight is 218 g/mol. The lowest BCUT2D eigenvalue weighted by Gasteiger charge is -2.16. The second-order valence-corrected chi connectivity index (χ2v) is 3.29. The fourth-order valence-electron chi connectivity index (χ4n) is 1.53. The Bertz CT molecular complexity index is 461. The zero-order valence-corrected chi connectivity index (χ0v) is 8.47. The zero-order chi connectivity index (χ0) is 11.4. The maximum absolute atomic E-state index is 13.6. The largest absolute Gasteiger partial charge is 0.271 e. The lowest BCUT2D eigenvalue weighted by atomic mass is 10.0. The van der Waals surface area contributed by atoms with Gasteiger partial charge in [-0.1, -0.05) is 18.2 Å². The second kappa shape index (κ2) is 4.78. The molecule has 3 N–H and O–H groups in total. The third-order valence-corrected chi connectivity index (χ3v) is 2.30. The van der Waals surface area contributed by atoms with Crippen molar-refractivity contribution in [3.8, 4) is 0 Å². The van der Waals surface area contributed by atoms with Gasteiger partial charge in [0.25, 0.3) is 0 Å². The molecule has 16 heavy (non-hydrogen) atoms. The smallest absolute Gasteiger partial charge is 0.128 e. The number of nitrogens with zero attached hydrogens (tertiary/aromatic N) is 2. The van der Waals surface area contributed by atoms with Crippen molar-refractivity contribution >= 4 is 0 Å². The van der Waals surface area contributed by atoms with E-state index in [1.807, 2.05) is 0 Å². The van der Waals surface area contributed by atoms with Crippen LogP contribution in [0, 0.1) is 5.82 Å². The van der Waals surface area contributed by atoms with Crippen LogP contribution < -0.4 is 11.3 Å². The van der Waals surface area contributed by atoms with Gasteiger partial charge in [-0.05, 0) is 6.07 Å². The quantitative estimate of drug-likeness (QED) is 0.599. The Morgan fingerprint density at radius 1 is 1.19 bits per heavy atom. The first-order valence-corrected chi connectivity index (χ1v) is 4.78. The van der Waals surface area contributed by atoms with Crippen LogP contribution in [-0.4, -0.2) is 9.97 Å². The molecular weight excluding hydrogens is 207 g/mol. The highest BCUT2D eigenvalue weighted by Gasteiger charge is 2.16. The van der Waals surface area contributed by atoms with E-state index in [1.165, 1.54) is 12.4 Å². The van der Waals surface area contributed by atoms with Gasteiger partial charge in [0.2, 0.25) is 0 Å². The number of aromatic nitrogens is 2. The summed E-state index contributed by atoms with van der Waals surface area (Å²) in [7, 11) is 0. The van der Waals surface area contributed by atoms with Crippen molar-refractivity contribution in [2.75, 3.05) is 0 Å². The summed E-state index contributed by atoms with van der Waals surface area (Å²) in [5, 5.41) is 0. The van der Waals surface area contributed by atoms with Gasteiger partial charge < -0.3 is 0 Å². The van der Waals surface area contributed by atoms with E-state index in [0.29, 0.717) is 5.56 Å². The van der Waals surface area contributed by atoms with Crippen LogP contribution in [0.25, 0.3) is 0 Å². The predicted molar refractivity (Wildman–Crippen MR) is 57.6 cm³/mol. The molecule has 0 amide bonds. The second-order valence-electron chi connectivity index (χ2n) is 3.29. The van der Waals surface area contributed by atoms with E-state index in [4.69, 9.17) is 5.84 Å². The first-order chi connectivity index (χ1) is 7.83. The Balaban J connectivity index is 2.41. The lowest BCUT2D eigenvalue weighted by Crippen LogP contribution is -2.29. The monoisotopic (exact) mass is 218 g/mol. The van der Waals surface area contributed by atoms with Gasteiger partial charge in [0, 0.05) is 23.5 Å². The lowest BCUT2D eigenvalue weighted by molar-refractivity contribution is 0.558. The molecule has 1 aromatic heterocycles.